The first-order chi connectivity index (χ1) is 13.3. The summed E-state index contributed by atoms with van der Waals surface area (Å²) < 4.78 is 4.66. The van der Waals surface area contributed by atoms with E-state index < -0.39 is 12.1 Å². The van der Waals surface area contributed by atoms with Crippen LogP contribution in [0.3, 0.4) is 0 Å². The van der Waals surface area contributed by atoms with Crippen LogP contribution in [0, 0.1) is 12.8 Å². The predicted molar refractivity (Wildman–Crippen MR) is 109 cm³/mol. The highest BCUT2D eigenvalue weighted by atomic mass is 16.5. The standard InChI is InChI=1S/C21H30N4O3/c1-6-11-25(20(26)19(14(2)3)24-21(27)28-5)13-18-22-12-17(23-18)16-9-7-15(4)8-10-16/h7-10,12,14,19H,6,11,13H2,1-5H3,(H,22,23)(H,24,27). The lowest BCUT2D eigenvalue weighted by Gasteiger charge is -2.28. The number of aryl methyl sites for hydroxylation is 1. The molecule has 0 radical (unpaired) electrons. The van der Waals surface area contributed by atoms with Crippen LogP contribution in [0.4, 0.5) is 4.79 Å². The second kappa shape index (κ2) is 9.92. The predicted octanol–water partition coefficient (Wildman–Crippen LogP) is 3.50. The molecule has 1 atom stereocenters. The van der Waals surface area contributed by atoms with E-state index in [-0.39, 0.29) is 11.8 Å². The van der Waals surface area contributed by atoms with E-state index in [0.29, 0.717) is 18.9 Å². The number of ether oxygens (including phenoxy) is 1. The van der Waals surface area contributed by atoms with Crippen molar-refractivity contribution in [3.05, 3.63) is 41.9 Å². The fourth-order valence-corrected chi connectivity index (χ4v) is 2.94. The van der Waals surface area contributed by atoms with E-state index in [1.807, 2.05) is 39.8 Å². The molecule has 1 heterocycles. The van der Waals surface area contributed by atoms with Crippen LogP contribution in [0.15, 0.2) is 30.5 Å². The average Bonchev–Trinajstić information content (AvgIpc) is 3.14. The Morgan fingerprint density at radius 3 is 2.50 bits per heavy atom. The zero-order valence-electron chi connectivity index (χ0n) is 17.3. The number of methoxy groups -OCH3 is 1. The molecule has 0 spiro atoms. The number of carbonyl (C=O) groups excluding carboxylic acids is 2. The number of alkyl carbamates (subject to hydrolysis) is 1. The highest BCUT2D eigenvalue weighted by Gasteiger charge is 2.29. The monoisotopic (exact) mass is 386 g/mol. The van der Waals surface area contributed by atoms with E-state index in [1.54, 1.807) is 11.1 Å². The van der Waals surface area contributed by atoms with Crippen molar-refractivity contribution in [3.63, 3.8) is 0 Å². The first-order valence-electron chi connectivity index (χ1n) is 9.59. The average molecular weight is 386 g/mol. The van der Waals surface area contributed by atoms with Crippen molar-refractivity contribution in [3.8, 4) is 11.3 Å². The molecule has 2 amide bonds. The molecule has 0 aliphatic heterocycles. The zero-order chi connectivity index (χ0) is 20.7. The molecule has 2 rings (SSSR count). The summed E-state index contributed by atoms with van der Waals surface area (Å²) in [6, 6.07) is 7.53. The molecule has 2 aromatic rings. The number of imidazole rings is 1. The molecule has 0 bridgehead atoms. The van der Waals surface area contributed by atoms with Gasteiger partial charge in [0.05, 0.1) is 25.5 Å². The minimum Gasteiger partial charge on any atom is -0.453 e. The van der Waals surface area contributed by atoms with Gasteiger partial charge < -0.3 is 19.9 Å². The number of H-pyrrole nitrogens is 1. The van der Waals surface area contributed by atoms with Gasteiger partial charge in [0.15, 0.2) is 0 Å². The van der Waals surface area contributed by atoms with Crippen LogP contribution in [0.1, 0.15) is 38.6 Å². The Morgan fingerprint density at radius 2 is 1.93 bits per heavy atom. The van der Waals surface area contributed by atoms with Gasteiger partial charge in [0, 0.05) is 6.54 Å². The minimum absolute atomic E-state index is 0.0642. The van der Waals surface area contributed by atoms with E-state index in [1.165, 1.54) is 12.7 Å². The van der Waals surface area contributed by atoms with E-state index in [9.17, 15) is 9.59 Å². The second-order valence-electron chi connectivity index (χ2n) is 7.23. The largest absolute Gasteiger partial charge is 0.453 e. The van der Waals surface area contributed by atoms with Crippen LogP contribution in [-0.4, -0.2) is 46.6 Å². The van der Waals surface area contributed by atoms with Gasteiger partial charge in [0.2, 0.25) is 5.91 Å². The van der Waals surface area contributed by atoms with Crippen molar-refractivity contribution in [1.82, 2.24) is 20.2 Å². The van der Waals surface area contributed by atoms with Gasteiger partial charge in [0.1, 0.15) is 11.9 Å². The lowest BCUT2D eigenvalue weighted by atomic mass is 10.0. The van der Waals surface area contributed by atoms with Gasteiger partial charge >= 0.3 is 6.09 Å². The zero-order valence-corrected chi connectivity index (χ0v) is 17.3. The van der Waals surface area contributed by atoms with E-state index in [4.69, 9.17) is 0 Å². The molecule has 0 saturated heterocycles. The van der Waals surface area contributed by atoms with Crippen molar-refractivity contribution in [2.75, 3.05) is 13.7 Å². The van der Waals surface area contributed by atoms with Crippen molar-refractivity contribution in [2.45, 2.75) is 46.7 Å². The fourth-order valence-electron chi connectivity index (χ4n) is 2.94. The SMILES string of the molecule is CCCN(Cc1ncc(-c2ccc(C)cc2)[nH]1)C(=O)C(NC(=O)OC)C(C)C. The molecule has 152 valence electrons. The Kier molecular flexibility index (Phi) is 7.61. The summed E-state index contributed by atoms with van der Waals surface area (Å²) in [5, 5.41) is 2.64. The molecule has 2 N–H and O–H groups in total. The summed E-state index contributed by atoms with van der Waals surface area (Å²) in [5.74, 6) is 0.499. The van der Waals surface area contributed by atoms with Gasteiger partial charge in [-0.25, -0.2) is 9.78 Å². The van der Waals surface area contributed by atoms with Crippen LogP contribution in [-0.2, 0) is 16.1 Å². The van der Waals surface area contributed by atoms with Crippen molar-refractivity contribution in [1.29, 1.82) is 0 Å². The third kappa shape index (κ3) is 5.58. The summed E-state index contributed by atoms with van der Waals surface area (Å²) in [6.45, 7) is 8.77. The maximum absolute atomic E-state index is 13.1. The Morgan fingerprint density at radius 1 is 1.25 bits per heavy atom. The quantitative estimate of drug-likeness (QED) is 0.727. The number of rotatable bonds is 8. The molecule has 1 aromatic carbocycles. The van der Waals surface area contributed by atoms with Crippen LogP contribution in [0.25, 0.3) is 11.3 Å². The van der Waals surface area contributed by atoms with Crippen LogP contribution < -0.4 is 5.32 Å². The molecule has 7 nitrogen and oxygen atoms in total. The maximum Gasteiger partial charge on any atom is 0.407 e. The molecule has 0 aliphatic rings. The van der Waals surface area contributed by atoms with Gasteiger partial charge in [-0.2, -0.15) is 0 Å². The summed E-state index contributed by atoms with van der Waals surface area (Å²) >= 11 is 0. The molecule has 0 saturated carbocycles. The molecule has 7 heteroatoms. The van der Waals surface area contributed by atoms with Gasteiger partial charge in [-0.3, -0.25) is 4.79 Å². The van der Waals surface area contributed by atoms with Crippen molar-refractivity contribution < 1.29 is 14.3 Å². The Bertz CT molecular complexity index is 783. The molecule has 1 unspecified atom stereocenters. The minimum atomic E-state index is -0.648. The van der Waals surface area contributed by atoms with Gasteiger partial charge in [0.25, 0.3) is 0 Å². The Labute approximate surface area is 166 Å². The van der Waals surface area contributed by atoms with Crippen LogP contribution in [0.2, 0.25) is 0 Å². The summed E-state index contributed by atoms with van der Waals surface area (Å²) in [6.07, 6.45) is 1.98. The topological polar surface area (TPSA) is 87.3 Å². The number of aromatic amines is 1. The number of nitrogens with one attached hydrogen (secondary N) is 2. The maximum atomic E-state index is 13.1. The second-order valence-corrected chi connectivity index (χ2v) is 7.23. The fraction of sp³-hybridized carbons (Fsp3) is 0.476. The van der Waals surface area contributed by atoms with Crippen LogP contribution >= 0.6 is 0 Å². The van der Waals surface area contributed by atoms with Crippen molar-refractivity contribution in [2.24, 2.45) is 5.92 Å². The van der Waals surface area contributed by atoms with Crippen molar-refractivity contribution >= 4 is 12.0 Å². The highest BCUT2D eigenvalue weighted by molar-refractivity contribution is 5.85. The first kappa shape index (κ1) is 21.5. The van der Waals surface area contributed by atoms with Gasteiger partial charge in [-0.1, -0.05) is 50.6 Å². The number of amides is 2. The lowest BCUT2D eigenvalue weighted by Crippen LogP contribution is -2.51. The Balaban J connectivity index is 2.16. The van der Waals surface area contributed by atoms with Gasteiger partial charge in [-0.05, 0) is 24.8 Å². The molecule has 1 aromatic heterocycles. The number of nitrogens with zero attached hydrogens (tertiary/aromatic N) is 2. The first-order valence-corrected chi connectivity index (χ1v) is 9.59. The van der Waals surface area contributed by atoms with Crippen LogP contribution in [0.5, 0.6) is 0 Å². The molecular formula is C21H30N4O3. The third-order valence-electron chi connectivity index (χ3n) is 4.53. The normalized spacial score (nSPS) is 11.9. The molecule has 0 aliphatic carbocycles. The Hall–Kier alpha value is -2.83. The number of benzene rings is 1. The summed E-state index contributed by atoms with van der Waals surface area (Å²) in [4.78, 5) is 34.1. The smallest absolute Gasteiger partial charge is 0.407 e. The van der Waals surface area contributed by atoms with E-state index in [2.05, 4.69) is 32.2 Å². The van der Waals surface area contributed by atoms with E-state index in [0.717, 1.165) is 17.7 Å². The molecule has 0 fully saturated rings. The molecular weight excluding hydrogens is 356 g/mol. The number of hydrogen-bond donors (Lipinski definition) is 2. The lowest BCUT2D eigenvalue weighted by molar-refractivity contribution is -0.135. The molecule has 28 heavy (non-hydrogen) atoms. The number of hydrogen-bond acceptors (Lipinski definition) is 4. The number of carbonyl (C=O) groups is 2. The van der Waals surface area contributed by atoms with Gasteiger partial charge in [-0.15, -0.1) is 0 Å². The number of aromatic nitrogens is 2. The summed E-state index contributed by atoms with van der Waals surface area (Å²) in [5.41, 5.74) is 3.15. The third-order valence-corrected chi connectivity index (χ3v) is 4.53. The van der Waals surface area contributed by atoms with E-state index >= 15 is 0 Å². The summed E-state index contributed by atoms with van der Waals surface area (Å²) in [7, 11) is 1.29. The highest BCUT2D eigenvalue weighted by Crippen LogP contribution is 2.18.